The Morgan fingerprint density at radius 2 is 2.00 bits per heavy atom. The molecule has 0 bridgehead atoms. The lowest BCUT2D eigenvalue weighted by Gasteiger charge is -2.35. The van der Waals surface area contributed by atoms with E-state index in [4.69, 9.17) is 14.2 Å². The number of nitrogens with one attached hydrogen (secondary N) is 2. The number of para-hydroxylation sites is 2. The first kappa shape index (κ1) is 19.6. The molecule has 1 atom stereocenters. The van der Waals surface area contributed by atoms with E-state index in [-0.39, 0.29) is 11.5 Å². The van der Waals surface area contributed by atoms with Crippen LogP contribution in [0.2, 0.25) is 0 Å². The number of ether oxygens (including phenoxy) is 3. The summed E-state index contributed by atoms with van der Waals surface area (Å²) in [6.45, 7) is 0.623. The molecular formula is C21H22N4O5. The molecule has 0 unspecified atom stereocenters. The highest BCUT2D eigenvalue weighted by Crippen LogP contribution is 2.34. The quantitative estimate of drug-likeness (QED) is 0.656. The van der Waals surface area contributed by atoms with Crippen molar-refractivity contribution in [3.8, 4) is 17.2 Å². The summed E-state index contributed by atoms with van der Waals surface area (Å²) in [4.78, 5) is 34.2. The van der Waals surface area contributed by atoms with Crippen LogP contribution < -0.4 is 30.0 Å². The summed E-state index contributed by atoms with van der Waals surface area (Å²) in [6.07, 6.45) is -0.665. The second-order valence-corrected chi connectivity index (χ2v) is 6.81. The van der Waals surface area contributed by atoms with Gasteiger partial charge in [0.15, 0.2) is 17.6 Å². The number of carbonyl (C=O) groups is 1. The van der Waals surface area contributed by atoms with Crippen LogP contribution in [0.5, 0.6) is 17.2 Å². The maximum absolute atomic E-state index is 12.7. The van der Waals surface area contributed by atoms with Crippen LogP contribution in [0, 0.1) is 0 Å². The molecule has 2 N–H and O–H groups in total. The van der Waals surface area contributed by atoms with Gasteiger partial charge in [0.2, 0.25) is 0 Å². The number of anilines is 1. The Balaban J connectivity index is 1.72. The zero-order chi connectivity index (χ0) is 21.3. The lowest BCUT2D eigenvalue weighted by Crippen LogP contribution is -2.48. The molecule has 2 heterocycles. The molecule has 30 heavy (non-hydrogen) atoms. The summed E-state index contributed by atoms with van der Waals surface area (Å²) < 4.78 is 16.4. The molecule has 0 aliphatic carbocycles. The van der Waals surface area contributed by atoms with Crippen molar-refractivity contribution in [2.75, 3.05) is 32.7 Å². The van der Waals surface area contributed by atoms with E-state index >= 15 is 0 Å². The van der Waals surface area contributed by atoms with Gasteiger partial charge in [-0.1, -0.05) is 12.1 Å². The number of methoxy groups -OCH3 is 2. The topological polar surface area (TPSA) is 106 Å². The maximum atomic E-state index is 12.7. The zero-order valence-corrected chi connectivity index (χ0v) is 16.9. The van der Waals surface area contributed by atoms with Crippen LogP contribution in [-0.4, -0.2) is 49.8 Å². The van der Waals surface area contributed by atoms with Crippen molar-refractivity contribution in [3.05, 3.63) is 52.6 Å². The van der Waals surface area contributed by atoms with Crippen LogP contribution in [0.1, 0.15) is 5.82 Å². The lowest BCUT2D eigenvalue weighted by atomic mass is 10.1. The highest BCUT2D eigenvalue weighted by molar-refractivity contribution is 5.83. The van der Waals surface area contributed by atoms with Crippen molar-refractivity contribution < 1.29 is 19.0 Å². The summed E-state index contributed by atoms with van der Waals surface area (Å²) in [5.41, 5.74) is 1.05. The second kappa shape index (κ2) is 7.94. The number of nitrogens with zero attached hydrogens (tertiary/aromatic N) is 2. The number of rotatable bonds is 5. The van der Waals surface area contributed by atoms with E-state index in [0.29, 0.717) is 47.1 Å². The minimum absolute atomic E-state index is 0.216. The van der Waals surface area contributed by atoms with Crippen LogP contribution in [0.4, 0.5) is 5.69 Å². The van der Waals surface area contributed by atoms with E-state index in [1.54, 1.807) is 19.2 Å². The molecule has 0 spiro atoms. The number of hydrogen-bond acceptors (Lipinski definition) is 7. The number of likely N-dealkylation sites (N-methyl/N-ethyl adjacent to an activating group) is 1. The third-order valence-corrected chi connectivity index (χ3v) is 5.00. The standard InChI is InChI=1S/C21H22N4O5/c1-22-21(27)18-10-25(14-6-4-5-7-15(14)30-18)11-19-23-13-9-17(29-3)16(28-2)8-12(13)20(26)24-19/h4-9,18H,10-11H2,1-3H3,(H,22,27)(H,23,24,26)/t18-/m0/s1. The van der Waals surface area contributed by atoms with E-state index in [2.05, 4.69) is 15.3 Å². The minimum atomic E-state index is -0.665. The highest BCUT2D eigenvalue weighted by Gasteiger charge is 2.30. The summed E-state index contributed by atoms with van der Waals surface area (Å²) in [6, 6.07) is 10.7. The van der Waals surface area contributed by atoms with Crippen LogP contribution in [0.25, 0.3) is 10.9 Å². The van der Waals surface area contributed by atoms with Gasteiger partial charge in [0.05, 0.1) is 43.9 Å². The van der Waals surface area contributed by atoms with Crippen LogP contribution in [0.3, 0.4) is 0 Å². The molecule has 1 aliphatic heterocycles. The lowest BCUT2D eigenvalue weighted by molar-refractivity contribution is -0.127. The highest BCUT2D eigenvalue weighted by atomic mass is 16.5. The molecule has 0 saturated carbocycles. The fraction of sp³-hybridized carbons (Fsp3) is 0.286. The monoisotopic (exact) mass is 410 g/mol. The number of fused-ring (bicyclic) bond motifs is 2. The van der Waals surface area contributed by atoms with E-state index in [0.717, 1.165) is 5.69 Å². The van der Waals surface area contributed by atoms with Gasteiger partial charge in [0.25, 0.3) is 11.5 Å². The summed E-state index contributed by atoms with van der Waals surface area (Å²) in [5, 5.41) is 3.02. The third kappa shape index (κ3) is 3.49. The molecule has 2 aromatic carbocycles. The Morgan fingerprint density at radius 1 is 1.27 bits per heavy atom. The number of benzene rings is 2. The van der Waals surface area contributed by atoms with E-state index in [1.807, 2.05) is 29.2 Å². The molecule has 3 aromatic rings. The average molecular weight is 410 g/mol. The Labute approximate surface area is 172 Å². The van der Waals surface area contributed by atoms with Crippen LogP contribution in [0.15, 0.2) is 41.2 Å². The molecule has 9 nitrogen and oxygen atoms in total. The Hall–Kier alpha value is -3.75. The number of hydrogen-bond donors (Lipinski definition) is 2. The molecule has 1 amide bonds. The van der Waals surface area contributed by atoms with Gasteiger partial charge in [-0.15, -0.1) is 0 Å². The fourth-order valence-corrected chi connectivity index (χ4v) is 3.52. The molecule has 0 saturated heterocycles. The summed E-state index contributed by atoms with van der Waals surface area (Å²) in [5.74, 6) is 1.80. The number of amides is 1. The molecular weight excluding hydrogens is 388 g/mol. The van der Waals surface area contributed by atoms with Gasteiger partial charge in [0.1, 0.15) is 11.6 Å². The summed E-state index contributed by atoms with van der Waals surface area (Å²) in [7, 11) is 4.61. The molecule has 0 fully saturated rings. The second-order valence-electron chi connectivity index (χ2n) is 6.81. The van der Waals surface area contributed by atoms with Gasteiger partial charge in [-0.3, -0.25) is 9.59 Å². The van der Waals surface area contributed by atoms with Gasteiger partial charge in [-0.05, 0) is 18.2 Å². The van der Waals surface area contributed by atoms with Gasteiger partial charge >= 0.3 is 0 Å². The minimum Gasteiger partial charge on any atom is -0.493 e. The molecule has 4 rings (SSSR count). The first-order valence-electron chi connectivity index (χ1n) is 9.41. The SMILES string of the molecule is CNC(=O)[C@@H]1CN(Cc2nc3cc(OC)c(OC)cc3c(=O)[nH]2)c2ccccc2O1. The van der Waals surface area contributed by atoms with E-state index < -0.39 is 6.10 Å². The zero-order valence-electron chi connectivity index (χ0n) is 16.9. The molecule has 156 valence electrons. The normalized spacial score (nSPS) is 15.3. The van der Waals surface area contributed by atoms with Crippen LogP contribution >= 0.6 is 0 Å². The fourth-order valence-electron chi connectivity index (χ4n) is 3.52. The van der Waals surface area contributed by atoms with Crippen molar-refractivity contribution >= 4 is 22.5 Å². The average Bonchev–Trinajstić information content (AvgIpc) is 2.77. The Kier molecular flexibility index (Phi) is 5.18. The predicted octanol–water partition coefficient (Wildman–Crippen LogP) is 1.45. The van der Waals surface area contributed by atoms with Crippen LogP contribution in [-0.2, 0) is 11.3 Å². The van der Waals surface area contributed by atoms with Crippen molar-refractivity contribution in [2.24, 2.45) is 0 Å². The van der Waals surface area contributed by atoms with Gasteiger partial charge in [-0.2, -0.15) is 0 Å². The number of aromatic amines is 1. The molecule has 1 aliphatic rings. The Bertz CT molecular complexity index is 1160. The molecule has 0 radical (unpaired) electrons. The predicted molar refractivity (Wildman–Crippen MR) is 111 cm³/mol. The number of carbonyl (C=O) groups excluding carboxylic acids is 1. The first-order valence-corrected chi connectivity index (χ1v) is 9.41. The Morgan fingerprint density at radius 3 is 2.73 bits per heavy atom. The molecule has 1 aromatic heterocycles. The molecule has 9 heteroatoms. The van der Waals surface area contributed by atoms with E-state index in [1.165, 1.54) is 14.2 Å². The van der Waals surface area contributed by atoms with Gasteiger partial charge in [-0.25, -0.2) is 4.98 Å². The van der Waals surface area contributed by atoms with Gasteiger partial charge < -0.3 is 29.4 Å². The maximum Gasteiger partial charge on any atom is 0.262 e. The van der Waals surface area contributed by atoms with Crippen molar-refractivity contribution in [1.29, 1.82) is 0 Å². The van der Waals surface area contributed by atoms with E-state index in [9.17, 15) is 9.59 Å². The first-order chi connectivity index (χ1) is 14.5. The van der Waals surface area contributed by atoms with Crippen molar-refractivity contribution in [2.45, 2.75) is 12.6 Å². The third-order valence-electron chi connectivity index (χ3n) is 5.00. The smallest absolute Gasteiger partial charge is 0.262 e. The summed E-state index contributed by atoms with van der Waals surface area (Å²) >= 11 is 0. The van der Waals surface area contributed by atoms with Crippen molar-refractivity contribution in [1.82, 2.24) is 15.3 Å². The largest absolute Gasteiger partial charge is 0.493 e. The number of aromatic nitrogens is 2. The number of H-pyrrole nitrogens is 1. The van der Waals surface area contributed by atoms with Crippen molar-refractivity contribution in [3.63, 3.8) is 0 Å². The van der Waals surface area contributed by atoms with Gasteiger partial charge in [0, 0.05) is 13.1 Å².